The zero-order valence-electron chi connectivity index (χ0n) is 18.1. The summed E-state index contributed by atoms with van der Waals surface area (Å²) >= 11 is 1.58. The Bertz CT molecular complexity index is 1300. The number of methoxy groups -OCH3 is 2. The van der Waals surface area contributed by atoms with Crippen LogP contribution in [-0.4, -0.2) is 34.3 Å². The topological polar surface area (TPSA) is 77.4 Å². The molecule has 1 N–H and O–H groups in total. The molecule has 2 aromatic heterocycles. The molecule has 31 heavy (non-hydrogen) atoms. The number of aliphatic hydroxyl groups excluding tert-OH is 1. The van der Waals surface area contributed by atoms with Crippen LogP contribution in [-0.2, 0) is 0 Å². The maximum Gasteiger partial charge on any atom is 0.232 e. The maximum absolute atomic E-state index is 11.2. The molecule has 1 atom stereocenters. The van der Waals surface area contributed by atoms with Crippen molar-refractivity contribution in [1.82, 2.24) is 15.0 Å². The van der Waals surface area contributed by atoms with E-state index in [1.807, 2.05) is 25.1 Å². The molecule has 0 spiro atoms. The molecule has 1 aliphatic rings. The van der Waals surface area contributed by atoms with Crippen molar-refractivity contribution in [2.45, 2.75) is 39.2 Å². The molecule has 0 aliphatic heterocycles. The lowest BCUT2D eigenvalue weighted by atomic mass is 9.65. The van der Waals surface area contributed by atoms with E-state index in [-0.39, 0.29) is 5.41 Å². The van der Waals surface area contributed by atoms with Gasteiger partial charge in [0.1, 0.15) is 10.8 Å². The molecular weight excluding hydrogens is 410 g/mol. The van der Waals surface area contributed by atoms with E-state index >= 15 is 0 Å². The average Bonchev–Trinajstić information content (AvgIpc) is 3.19. The lowest BCUT2D eigenvalue weighted by Gasteiger charge is -2.42. The van der Waals surface area contributed by atoms with Gasteiger partial charge in [0.25, 0.3) is 0 Å². The zero-order chi connectivity index (χ0) is 21.8. The molecule has 0 bridgehead atoms. The summed E-state index contributed by atoms with van der Waals surface area (Å²) in [7, 11) is 3.24. The highest BCUT2D eigenvalue weighted by atomic mass is 32.1. The number of rotatable bonds is 5. The standard InChI is InChI=1S/C24H25N3O3S/c1-13-8-16(20-17(9-13)26-19(30-4)12-25-20)23-27-21-15(22(28)24(2)6-5-7-24)10-14(29-3)11-18(21)31-23/h8-12,22,28H,5-7H2,1-4H3. The lowest BCUT2D eigenvalue weighted by molar-refractivity contribution is -0.0212. The number of ether oxygens (including phenoxy) is 2. The molecule has 5 rings (SSSR count). The monoisotopic (exact) mass is 435 g/mol. The summed E-state index contributed by atoms with van der Waals surface area (Å²) in [6.45, 7) is 4.18. The third-order valence-electron chi connectivity index (χ3n) is 6.39. The van der Waals surface area contributed by atoms with Crippen molar-refractivity contribution in [1.29, 1.82) is 0 Å². The van der Waals surface area contributed by atoms with Crippen LogP contribution in [0.15, 0.2) is 30.5 Å². The molecule has 160 valence electrons. The van der Waals surface area contributed by atoms with Gasteiger partial charge in [0.05, 0.1) is 47.8 Å². The Labute approximate surface area is 184 Å². The van der Waals surface area contributed by atoms with Gasteiger partial charge in [-0.25, -0.2) is 15.0 Å². The van der Waals surface area contributed by atoms with Crippen molar-refractivity contribution < 1.29 is 14.6 Å². The Morgan fingerprint density at radius 3 is 2.55 bits per heavy atom. The van der Waals surface area contributed by atoms with Gasteiger partial charge in [-0.05, 0) is 55.0 Å². The Morgan fingerprint density at radius 1 is 1.06 bits per heavy atom. The smallest absolute Gasteiger partial charge is 0.232 e. The van der Waals surface area contributed by atoms with Gasteiger partial charge in [0.2, 0.25) is 5.88 Å². The predicted octanol–water partition coefficient (Wildman–Crippen LogP) is 5.46. The summed E-state index contributed by atoms with van der Waals surface area (Å²) in [6.07, 6.45) is 4.24. The van der Waals surface area contributed by atoms with Crippen molar-refractivity contribution in [3.05, 3.63) is 41.6 Å². The number of fused-ring (bicyclic) bond motifs is 2. The number of thiazole rings is 1. The van der Waals surface area contributed by atoms with E-state index in [1.54, 1.807) is 31.8 Å². The quantitative estimate of drug-likeness (QED) is 0.449. The number of aryl methyl sites for hydroxylation is 1. The lowest BCUT2D eigenvalue weighted by Crippen LogP contribution is -2.32. The molecule has 1 unspecified atom stereocenters. The Hall–Kier alpha value is -2.77. The van der Waals surface area contributed by atoms with Gasteiger partial charge in [0.15, 0.2) is 0 Å². The van der Waals surface area contributed by atoms with Crippen LogP contribution < -0.4 is 9.47 Å². The van der Waals surface area contributed by atoms with Crippen LogP contribution in [0, 0.1) is 12.3 Å². The fourth-order valence-electron chi connectivity index (χ4n) is 4.36. The van der Waals surface area contributed by atoms with Gasteiger partial charge < -0.3 is 14.6 Å². The maximum atomic E-state index is 11.2. The molecular formula is C24H25N3O3S. The van der Waals surface area contributed by atoms with Crippen molar-refractivity contribution in [3.8, 4) is 22.2 Å². The second kappa shape index (κ2) is 7.43. The number of aliphatic hydroxyl groups is 1. The molecule has 0 saturated heterocycles. The summed E-state index contributed by atoms with van der Waals surface area (Å²) in [6, 6.07) is 8.00. The Kier molecular flexibility index (Phi) is 4.83. The molecule has 6 nitrogen and oxygen atoms in total. The number of hydrogen-bond donors (Lipinski definition) is 1. The zero-order valence-corrected chi connectivity index (χ0v) is 18.9. The minimum Gasteiger partial charge on any atom is -0.497 e. The van der Waals surface area contributed by atoms with E-state index in [1.165, 1.54) is 0 Å². The van der Waals surface area contributed by atoms with Gasteiger partial charge in [-0.1, -0.05) is 13.3 Å². The van der Waals surface area contributed by atoms with Gasteiger partial charge in [0, 0.05) is 11.1 Å². The summed E-state index contributed by atoms with van der Waals surface area (Å²) in [5.41, 5.74) is 5.12. The first kappa shape index (κ1) is 20.2. The third kappa shape index (κ3) is 3.32. The van der Waals surface area contributed by atoms with E-state index in [0.717, 1.165) is 68.0 Å². The van der Waals surface area contributed by atoms with Gasteiger partial charge >= 0.3 is 0 Å². The second-order valence-electron chi connectivity index (χ2n) is 8.59. The number of hydrogen-bond acceptors (Lipinski definition) is 7. The molecule has 2 heterocycles. The van der Waals surface area contributed by atoms with Gasteiger partial charge in [-0.2, -0.15) is 0 Å². The molecule has 4 aromatic rings. The van der Waals surface area contributed by atoms with E-state index in [9.17, 15) is 5.11 Å². The summed E-state index contributed by atoms with van der Waals surface area (Å²) in [4.78, 5) is 14.1. The second-order valence-corrected chi connectivity index (χ2v) is 9.62. The highest BCUT2D eigenvalue weighted by molar-refractivity contribution is 7.21. The highest BCUT2D eigenvalue weighted by Crippen LogP contribution is 2.52. The fraction of sp³-hybridized carbons (Fsp3) is 0.375. The Balaban J connectivity index is 1.71. The first-order valence-corrected chi connectivity index (χ1v) is 11.2. The largest absolute Gasteiger partial charge is 0.497 e. The van der Waals surface area contributed by atoms with E-state index in [0.29, 0.717) is 5.88 Å². The highest BCUT2D eigenvalue weighted by Gasteiger charge is 2.40. The van der Waals surface area contributed by atoms with Crippen molar-refractivity contribution in [2.24, 2.45) is 5.41 Å². The summed E-state index contributed by atoms with van der Waals surface area (Å²) in [5.74, 6) is 1.22. The van der Waals surface area contributed by atoms with E-state index < -0.39 is 6.10 Å². The van der Waals surface area contributed by atoms with Crippen LogP contribution in [0.1, 0.15) is 43.4 Å². The normalized spacial score (nSPS) is 16.3. The first-order chi connectivity index (χ1) is 14.9. The fourth-order valence-corrected chi connectivity index (χ4v) is 5.41. The van der Waals surface area contributed by atoms with Crippen LogP contribution in [0.3, 0.4) is 0 Å². The first-order valence-electron chi connectivity index (χ1n) is 10.4. The summed E-state index contributed by atoms with van der Waals surface area (Å²) in [5, 5.41) is 12.1. The molecule has 2 aromatic carbocycles. The number of nitrogens with zero attached hydrogens (tertiary/aromatic N) is 3. The molecule has 0 radical (unpaired) electrons. The minimum absolute atomic E-state index is 0.110. The summed E-state index contributed by atoms with van der Waals surface area (Å²) < 4.78 is 11.8. The van der Waals surface area contributed by atoms with Crippen LogP contribution in [0.5, 0.6) is 11.6 Å². The molecule has 1 aliphatic carbocycles. The van der Waals surface area contributed by atoms with Crippen molar-refractivity contribution in [3.63, 3.8) is 0 Å². The Morgan fingerprint density at radius 2 is 1.87 bits per heavy atom. The molecule has 1 fully saturated rings. The minimum atomic E-state index is -0.577. The van der Waals surface area contributed by atoms with Gasteiger partial charge in [-0.3, -0.25) is 0 Å². The van der Waals surface area contributed by atoms with Crippen LogP contribution in [0.2, 0.25) is 0 Å². The van der Waals surface area contributed by atoms with Crippen LogP contribution in [0.25, 0.3) is 31.8 Å². The SMILES string of the molecule is COc1cc(C(O)C2(C)CCC2)c2nc(-c3cc(C)cc4nc(OC)cnc34)sc2c1. The molecule has 0 amide bonds. The predicted molar refractivity (Wildman–Crippen MR) is 123 cm³/mol. The van der Waals surface area contributed by atoms with Gasteiger partial charge in [-0.15, -0.1) is 11.3 Å². The number of benzene rings is 2. The van der Waals surface area contributed by atoms with Crippen LogP contribution >= 0.6 is 11.3 Å². The van der Waals surface area contributed by atoms with E-state index in [4.69, 9.17) is 14.5 Å². The average molecular weight is 436 g/mol. The molecule has 7 heteroatoms. The van der Waals surface area contributed by atoms with Crippen molar-refractivity contribution in [2.75, 3.05) is 14.2 Å². The third-order valence-corrected chi connectivity index (χ3v) is 7.43. The van der Waals surface area contributed by atoms with E-state index in [2.05, 4.69) is 23.0 Å². The number of aromatic nitrogens is 3. The van der Waals surface area contributed by atoms with Crippen LogP contribution in [0.4, 0.5) is 0 Å². The van der Waals surface area contributed by atoms with Crippen molar-refractivity contribution >= 4 is 32.6 Å². The molecule has 1 saturated carbocycles.